The van der Waals surface area contributed by atoms with Crippen LogP contribution < -0.4 is 0 Å². The van der Waals surface area contributed by atoms with E-state index in [4.69, 9.17) is 0 Å². The summed E-state index contributed by atoms with van der Waals surface area (Å²) in [6.45, 7) is 0. The average molecular weight is 316 g/mol. The summed E-state index contributed by atoms with van der Waals surface area (Å²) < 4.78 is 17.3. The maximum absolute atomic E-state index is 13.2. The maximum Gasteiger partial charge on any atom is 0.191 e. The van der Waals surface area contributed by atoms with Crippen LogP contribution in [-0.2, 0) is 26.3 Å². The summed E-state index contributed by atoms with van der Waals surface area (Å²) in [5.41, 5.74) is 2.13. The number of aromatic nitrogens is 4. The highest BCUT2D eigenvalue weighted by molar-refractivity contribution is 7.98. The first kappa shape index (κ1) is 14.8. The van der Waals surface area contributed by atoms with E-state index in [0.717, 1.165) is 23.0 Å². The number of aryl methyl sites for hydroxylation is 1. The molecule has 3 aromatic rings. The highest BCUT2D eigenvalue weighted by Crippen LogP contribution is 2.22. The Hall–Kier alpha value is -2.08. The van der Waals surface area contributed by atoms with Gasteiger partial charge in [-0.2, -0.15) is 0 Å². The minimum Gasteiger partial charge on any atom is -0.354 e. The van der Waals surface area contributed by atoms with Gasteiger partial charge in [-0.25, -0.2) is 4.39 Å². The number of hydrogen-bond acceptors (Lipinski definition) is 3. The van der Waals surface area contributed by atoms with Crippen LogP contribution >= 0.6 is 11.8 Å². The van der Waals surface area contributed by atoms with Crippen molar-refractivity contribution in [2.24, 2.45) is 14.1 Å². The summed E-state index contributed by atoms with van der Waals surface area (Å²) in [4.78, 5) is 0. The molecule has 0 saturated carbocycles. The van der Waals surface area contributed by atoms with Crippen LogP contribution in [0.4, 0.5) is 4.39 Å². The van der Waals surface area contributed by atoms with E-state index in [9.17, 15) is 4.39 Å². The number of nitrogens with zero attached hydrogens (tertiary/aromatic N) is 4. The molecule has 0 atom stereocenters. The van der Waals surface area contributed by atoms with Crippen molar-refractivity contribution in [1.29, 1.82) is 0 Å². The van der Waals surface area contributed by atoms with Gasteiger partial charge < -0.3 is 9.13 Å². The first-order valence-electron chi connectivity index (χ1n) is 6.99. The van der Waals surface area contributed by atoms with E-state index in [1.807, 2.05) is 37.0 Å². The highest BCUT2D eigenvalue weighted by Gasteiger charge is 2.11. The first-order valence-corrected chi connectivity index (χ1v) is 7.98. The summed E-state index contributed by atoms with van der Waals surface area (Å²) in [7, 11) is 3.98. The van der Waals surface area contributed by atoms with Crippen LogP contribution in [-0.4, -0.2) is 19.3 Å². The molecule has 2 heterocycles. The molecular weight excluding hydrogens is 299 g/mol. The van der Waals surface area contributed by atoms with E-state index in [1.165, 1.54) is 11.8 Å². The molecule has 0 bridgehead atoms. The third kappa shape index (κ3) is 3.22. The van der Waals surface area contributed by atoms with Gasteiger partial charge in [0, 0.05) is 38.2 Å². The van der Waals surface area contributed by atoms with Crippen LogP contribution in [0.2, 0.25) is 0 Å². The lowest BCUT2D eigenvalue weighted by molar-refractivity contribution is 0.626. The van der Waals surface area contributed by atoms with E-state index >= 15 is 0 Å². The Balaban J connectivity index is 1.69. The van der Waals surface area contributed by atoms with Crippen molar-refractivity contribution in [2.45, 2.75) is 17.3 Å². The molecule has 22 heavy (non-hydrogen) atoms. The molecule has 114 valence electrons. The largest absolute Gasteiger partial charge is 0.354 e. The highest BCUT2D eigenvalue weighted by atomic mass is 32.2. The third-order valence-electron chi connectivity index (χ3n) is 3.57. The second-order valence-corrected chi connectivity index (χ2v) is 6.11. The van der Waals surface area contributed by atoms with Crippen molar-refractivity contribution >= 4 is 11.8 Å². The Labute approximate surface area is 133 Å². The van der Waals surface area contributed by atoms with Crippen molar-refractivity contribution in [3.63, 3.8) is 0 Å². The van der Waals surface area contributed by atoms with Gasteiger partial charge in [0.2, 0.25) is 0 Å². The number of halogens is 1. The number of hydrogen-bond donors (Lipinski definition) is 0. The minimum absolute atomic E-state index is 0.208. The fourth-order valence-electron chi connectivity index (χ4n) is 2.24. The lowest BCUT2D eigenvalue weighted by atomic mass is 10.2. The van der Waals surface area contributed by atoms with Crippen molar-refractivity contribution in [1.82, 2.24) is 19.3 Å². The molecule has 2 aromatic heterocycles. The fourth-order valence-corrected chi connectivity index (χ4v) is 3.11. The quantitative estimate of drug-likeness (QED) is 0.678. The predicted octanol–water partition coefficient (Wildman–Crippen LogP) is 3.18. The molecule has 3 rings (SSSR count). The summed E-state index contributed by atoms with van der Waals surface area (Å²) >= 11 is 1.56. The van der Waals surface area contributed by atoms with Crippen LogP contribution in [0.15, 0.2) is 47.8 Å². The molecule has 1 aromatic carbocycles. The van der Waals surface area contributed by atoms with Crippen molar-refractivity contribution in [2.75, 3.05) is 0 Å². The lowest BCUT2D eigenvalue weighted by Gasteiger charge is -2.05. The molecule has 0 fully saturated rings. The monoisotopic (exact) mass is 316 g/mol. The molecule has 0 N–H and O–H groups in total. The second kappa shape index (κ2) is 6.36. The van der Waals surface area contributed by atoms with Gasteiger partial charge in [-0.15, -0.1) is 10.2 Å². The summed E-state index contributed by atoms with van der Waals surface area (Å²) in [6, 6.07) is 10.7. The molecule has 6 heteroatoms. The Morgan fingerprint density at radius 2 is 2.00 bits per heavy atom. The van der Waals surface area contributed by atoms with Crippen molar-refractivity contribution in [3.8, 4) is 0 Å². The van der Waals surface area contributed by atoms with Gasteiger partial charge in [0.15, 0.2) is 5.16 Å². The van der Waals surface area contributed by atoms with Crippen LogP contribution in [0.5, 0.6) is 0 Å². The van der Waals surface area contributed by atoms with Crippen LogP contribution in [0.1, 0.15) is 17.1 Å². The zero-order valence-corrected chi connectivity index (χ0v) is 13.3. The van der Waals surface area contributed by atoms with Gasteiger partial charge in [0.05, 0.1) is 0 Å². The topological polar surface area (TPSA) is 35.6 Å². The Morgan fingerprint density at radius 1 is 1.14 bits per heavy atom. The van der Waals surface area contributed by atoms with Gasteiger partial charge in [-0.3, -0.25) is 0 Å². The van der Waals surface area contributed by atoms with E-state index in [0.29, 0.717) is 5.75 Å². The zero-order valence-electron chi connectivity index (χ0n) is 12.5. The predicted molar refractivity (Wildman–Crippen MR) is 85.2 cm³/mol. The first-order chi connectivity index (χ1) is 10.6. The van der Waals surface area contributed by atoms with E-state index < -0.39 is 0 Å². The lowest BCUT2D eigenvalue weighted by Crippen LogP contribution is -2.03. The molecule has 0 amide bonds. The normalized spacial score (nSPS) is 11.0. The molecule has 0 aliphatic rings. The van der Waals surface area contributed by atoms with Crippen molar-refractivity contribution in [3.05, 3.63) is 65.5 Å². The summed E-state index contributed by atoms with van der Waals surface area (Å²) in [6.07, 6.45) is 2.76. The fraction of sp³-hybridized carbons (Fsp3) is 0.250. The SMILES string of the molecule is Cn1cccc1Cc1nnc(SCc2cccc(F)c2)n1C. The molecule has 0 spiro atoms. The smallest absolute Gasteiger partial charge is 0.191 e. The Morgan fingerprint density at radius 3 is 2.73 bits per heavy atom. The molecule has 4 nitrogen and oxygen atoms in total. The molecule has 0 unspecified atom stereocenters. The maximum atomic E-state index is 13.2. The standard InChI is InChI=1S/C16H17FN4S/c1-20-8-4-7-14(20)10-15-18-19-16(21(15)2)22-11-12-5-3-6-13(17)9-12/h3-9H,10-11H2,1-2H3. The van der Waals surface area contributed by atoms with Crippen molar-refractivity contribution < 1.29 is 4.39 Å². The molecule has 0 aliphatic carbocycles. The van der Waals surface area contributed by atoms with E-state index in [2.05, 4.69) is 20.8 Å². The van der Waals surface area contributed by atoms with Crippen LogP contribution in [0.3, 0.4) is 0 Å². The van der Waals surface area contributed by atoms with Gasteiger partial charge in [-0.05, 0) is 29.8 Å². The van der Waals surface area contributed by atoms with Crippen LogP contribution in [0.25, 0.3) is 0 Å². The van der Waals surface area contributed by atoms with Crippen LogP contribution in [0, 0.1) is 5.82 Å². The Bertz CT molecular complexity index is 778. The van der Waals surface area contributed by atoms with E-state index in [-0.39, 0.29) is 5.82 Å². The van der Waals surface area contributed by atoms with Gasteiger partial charge in [-0.1, -0.05) is 23.9 Å². The summed E-state index contributed by atoms with van der Waals surface area (Å²) in [5.74, 6) is 1.39. The van der Waals surface area contributed by atoms with Gasteiger partial charge >= 0.3 is 0 Å². The number of benzene rings is 1. The molecular formula is C16H17FN4S. The second-order valence-electron chi connectivity index (χ2n) is 5.16. The third-order valence-corrected chi connectivity index (χ3v) is 4.66. The molecule has 0 radical (unpaired) electrons. The minimum atomic E-state index is -0.208. The van der Waals surface area contributed by atoms with Gasteiger partial charge in [0.1, 0.15) is 11.6 Å². The number of rotatable bonds is 5. The molecule has 0 saturated heterocycles. The Kier molecular flexibility index (Phi) is 4.29. The zero-order chi connectivity index (χ0) is 15.5. The summed E-state index contributed by atoms with van der Waals surface area (Å²) in [5, 5.41) is 9.34. The van der Waals surface area contributed by atoms with E-state index in [1.54, 1.807) is 23.9 Å². The van der Waals surface area contributed by atoms with Gasteiger partial charge in [0.25, 0.3) is 0 Å². The number of thioether (sulfide) groups is 1. The molecule has 0 aliphatic heterocycles. The average Bonchev–Trinajstić information content (AvgIpc) is 3.05.